The normalized spacial score (nSPS) is 11.4. The first-order valence-corrected chi connectivity index (χ1v) is 18.6. The fourth-order valence-corrected chi connectivity index (χ4v) is 8.40. The molecule has 4 heteroatoms. The average Bonchev–Trinajstić information content (AvgIpc) is 3.62. The number of thiophene rings is 1. The zero-order chi connectivity index (χ0) is 35.1. The van der Waals surface area contributed by atoms with Gasteiger partial charge >= 0.3 is 0 Å². The summed E-state index contributed by atoms with van der Waals surface area (Å²) in [5.41, 5.74) is 9.73. The highest BCUT2D eigenvalue weighted by atomic mass is 32.1. The van der Waals surface area contributed by atoms with Crippen molar-refractivity contribution < 1.29 is 0 Å². The predicted octanol–water partition coefficient (Wildman–Crippen LogP) is 13.4. The van der Waals surface area contributed by atoms with Crippen LogP contribution in [0.15, 0.2) is 188 Å². The third-order valence-electron chi connectivity index (χ3n) is 9.91. The van der Waals surface area contributed by atoms with Crippen LogP contribution in [0.2, 0.25) is 0 Å². The van der Waals surface area contributed by atoms with Crippen molar-refractivity contribution in [2.24, 2.45) is 0 Å². The van der Waals surface area contributed by atoms with Gasteiger partial charge in [0.1, 0.15) is 0 Å². The Balaban J connectivity index is 1.17. The summed E-state index contributed by atoms with van der Waals surface area (Å²) in [6, 6.07) is 66.4. The summed E-state index contributed by atoms with van der Waals surface area (Å²) >= 11 is 1.84. The van der Waals surface area contributed by atoms with Crippen LogP contribution in [-0.4, -0.2) is 15.0 Å². The minimum atomic E-state index is 0.633. The highest BCUT2D eigenvalue weighted by Crippen LogP contribution is 2.39. The Morgan fingerprint density at radius 1 is 0.283 bits per heavy atom. The number of hydrogen-bond acceptors (Lipinski definition) is 4. The fraction of sp³-hybridized carbons (Fsp3) is 0. The van der Waals surface area contributed by atoms with Gasteiger partial charge in [-0.3, -0.25) is 0 Å². The molecule has 10 rings (SSSR count). The summed E-state index contributed by atoms with van der Waals surface area (Å²) in [6.07, 6.45) is 0. The van der Waals surface area contributed by atoms with Gasteiger partial charge in [0.2, 0.25) is 0 Å². The van der Waals surface area contributed by atoms with E-state index in [9.17, 15) is 0 Å². The lowest BCUT2D eigenvalue weighted by molar-refractivity contribution is 1.08. The predicted molar refractivity (Wildman–Crippen MR) is 223 cm³/mol. The zero-order valence-corrected chi connectivity index (χ0v) is 29.5. The summed E-state index contributed by atoms with van der Waals surface area (Å²) in [4.78, 5) is 15.5. The Bertz CT molecular complexity index is 2940. The molecule has 0 saturated heterocycles. The molecule has 248 valence electrons. The molecule has 2 heterocycles. The lowest BCUT2D eigenvalue weighted by atomic mass is 9.95. The smallest absolute Gasteiger partial charge is 0.164 e. The van der Waals surface area contributed by atoms with Gasteiger partial charge in [0.25, 0.3) is 0 Å². The first kappa shape index (κ1) is 31.0. The van der Waals surface area contributed by atoms with E-state index in [1.165, 1.54) is 31.3 Å². The van der Waals surface area contributed by atoms with Crippen LogP contribution in [0.1, 0.15) is 0 Å². The van der Waals surface area contributed by atoms with Crippen molar-refractivity contribution in [2.45, 2.75) is 0 Å². The Kier molecular flexibility index (Phi) is 7.67. The van der Waals surface area contributed by atoms with Gasteiger partial charge in [0.15, 0.2) is 17.5 Å². The molecule has 10 aromatic rings. The van der Waals surface area contributed by atoms with Gasteiger partial charge < -0.3 is 0 Å². The molecule has 2 aromatic heterocycles. The average molecular weight is 694 g/mol. The molecule has 0 unspecified atom stereocenters. The maximum Gasteiger partial charge on any atom is 0.164 e. The van der Waals surface area contributed by atoms with E-state index in [1.807, 2.05) is 35.6 Å². The molecule has 0 aliphatic heterocycles. The largest absolute Gasteiger partial charge is 0.208 e. The number of rotatable bonds is 6. The van der Waals surface area contributed by atoms with Gasteiger partial charge in [-0.05, 0) is 80.6 Å². The van der Waals surface area contributed by atoms with Crippen LogP contribution in [-0.2, 0) is 0 Å². The van der Waals surface area contributed by atoms with Crippen LogP contribution in [0.4, 0.5) is 0 Å². The monoisotopic (exact) mass is 693 g/mol. The topological polar surface area (TPSA) is 38.7 Å². The zero-order valence-electron chi connectivity index (χ0n) is 28.6. The highest BCUT2D eigenvalue weighted by Gasteiger charge is 2.17. The quantitative estimate of drug-likeness (QED) is 0.174. The molecule has 0 saturated carbocycles. The number of hydrogen-bond donors (Lipinski definition) is 0. The second-order valence-electron chi connectivity index (χ2n) is 13.3. The van der Waals surface area contributed by atoms with E-state index < -0.39 is 0 Å². The minimum Gasteiger partial charge on any atom is -0.208 e. The highest BCUT2D eigenvalue weighted by molar-refractivity contribution is 7.25. The minimum absolute atomic E-state index is 0.633. The van der Waals surface area contributed by atoms with Gasteiger partial charge in [-0.2, -0.15) is 0 Å². The summed E-state index contributed by atoms with van der Waals surface area (Å²) in [5.74, 6) is 1.92. The van der Waals surface area contributed by atoms with Crippen molar-refractivity contribution in [2.75, 3.05) is 0 Å². The van der Waals surface area contributed by atoms with E-state index in [0.717, 1.165) is 49.7 Å². The Morgan fingerprint density at radius 3 is 1.55 bits per heavy atom. The van der Waals surface area contributed by atoms with Crippen molar-refractivity contribution in [1.82, 2.24) is 15.0 Å². The van der Waals surface area contributed by atoms with E-state index in [4.69, 9.17) is 15.0 Å². The molecule has 0 spiro atoms. The standard InChI is InChI=1S/C49H31N3S/c1-4-13-32(14-5-1)35-23-25-41-37(27-35)19-12-21-44(41)49-51-47(34-17-8-3-9-18-34)50-48(52-49)40-29-38(33-15-6-2-7-16-33)28-39(30-40)36-24-26-43-42-20-10-11-22-45(42)53-46(43)31-36/h1-31H. The van der Waals surface area contributed by atoms with Crippen LogP contribution in [0, 0.1) is 0 Å². The van der Waals surface area contributed by atoms with Gasteiger partial charge in [0.05, 0.1) is 0 Å². The maximum absolute atomic E-state index is 5.26. The molecule has 0 atom stereocenters. The molecule has 0 radical (unpaired) electrons. The summed E-state index contributed by atoms with van der Waals surface area (Å²) in [5, 5.41) is 4.82. The molecule has 0 bridgehead atoms. The Hall–Kier alpha value is -6.75. The molecule has 8 aromatic carbocycles. The molecule has 0 fully saturated rings. The van der Waals surface area contributed by atoms with Gasteiger partial charge in [-0.15, -0.1) is 11.3 Å². The maximum atomic E-state index is 5.26. The van der Waals surface area contributed by atoms with Gasteiger partial charge in [-0.1, -0.05) is 152 Å². The van der Waals surface area contributed by atoms with E-state index >= 15 is 0 Å². The van der Waals surface area contributed by atoms with Gasteiger partial charge in [0, 0.05) is 36.9 Å². The first-order valence-electron chi connectivity index (χ1n) is 17.8. The van der Waals surface area contributed by atoms with E-state index in [1.54, 1.807) is 0 Å². The third-order valence-corrected chi connectivity index (χ3v) is 11.0. The second-order valence-corrected chi connectivity index (χ2v) is 14.3. The number of aromatic nitrogens is 3. The molecule has 0 N–H and O–H groups in total. The molecule has 0 aliphatic carbocycles. The Labute approximate surface area is 311 Å². The van der Waals surface area contributed by atoms with E-state index in [-0.39, 0.29) is 0 Å². The molecular formula is C49H31N3S. The van der Waals surface area contributed by atoms with Crippen molar-refractivity contribution in [3.05, 3.63) is 188 Å². The lowest BCUT2D eigenvalue weighted by Crippen LogP contribution is -2.01. The number of benzene rings is 8. The summed E-state index contributed by atoms with van der Waals surface area (Å²) < 4.78 is 2.57. The number of fused-ring (bicyclic) bond motifs is 4. The van der Waals surface area contributed by atoms with E-state index in [2.05, 4.69) is 164 Å². The third kappa shape index (κ3) is 5.85. The second kappa shape index (κ2) is 13.1. The van der Waals surface area contributed by atoms with Crippen LogP contribution >= 0.6 is 11.3 Å². The fourth-order valence-electron chi connectivity index (χ4n) is 7.26. The Morgan fingerprint density at radius 2 is 0.811 bits per heavy atom. The van der Waals surface area contributed by atoms with Crippen LogP contribution in [0.25, 0.3) is 98.5 Å². The molecular weight excluding hydrogens is 663 g/mol. The molecule has 0 aliphatic rings. The lowest BCUT2D eigenvalue weighted by Gasteiger charge is -2.13. The first-order chi connectivity index (χ1) is 26.2. The van der Waals surface area contributed by atoms with Crippen molar-refractivity contribution >= 4 is 42.3 Å². The molecule has 53 heavy (non-hydrogen) atoms. The van der Waals surface area contributed by atoms with E-state index in [0.29, 0.717) is 17.5 Å². The molecule has 3 nitrogen and oxygen atoms in total. The van der Waals surface area contributed by atoms with Crippen molar-refractivity contribution in [3.8, 4) is 67.5 Å². The molecule has 0 amide bonds. The van der Waals surface area contributed by atoms with Crippen LogP contribution < -0.4 is 0 Å². The van der Waals surface area contributed by atoms with Gasteiger partial charge in [-0.25, -0.2) is 15.0 Å². The van der Waals surface area contributed by atoms with Crippen molar-refractivity contribution in [1.29, 1.82) is 0 Å². The van der Waals surface area contributed by atoms with Crippen molar-refractivity contribution in [3.63, 3.8) is 0 Å². The number of nitrogens with zero attached hydrogens (tertiary/aromatic N) is 3. The summed E-state index contributed by atoms with van der Waals surface area (Å²) in [7, 11) is 0. The summed E-state index contributed by atoms with van der Waals surface area (Å²) in [6.45, 7) is 0. The van der Waals surface area contributed by atoms with Crippen LogP contribution in [0.5, 0.6) is 0 Å². The SMILES string of the molecule is c1ccc(-c2cc(-c3ccc4c(c3)sc3ccccc34)cc(-c3nc(-c4ccccc4)nc(-c4cccc5cc(-c6ccccc6)ccc45)n3)c2)cc1. The van der Waals surface area contributed by atoms with Crippen LogP contribution in [0.3, 0.4) is 0 Å².